The van der Waals surface area contributed by atoms with Gasteiger partial charge in [-0.05, 0) is 54.7 Å². The smallest absolute Gasteiger partial charge is 0.253 e. The molecule has 0 unspecified atom stereocenters. The molecular formula is C22H21N3O2S. The van der Waals surface area contributed by atoms with E-state index in [0.717, 1.165) is 47.3 Å². The van der Waals surface area contributed by atoms with Gasteiger partial charge in [0.05, 0.1) is 34.0 Å². The minimum absolute atomic E-state index is 0.104. The number of rotatable bonds is 5. The summed E-state index contributed by atoms with van der Waals surface area (Å²) in [5.41, 5.74) is 5.23. The van der Waals surface area contributed by atoms with Crippen molar-refractivity contribution in [1.29, 1.82) is 5.26 Å². The fraction of sp³-hybridized carbons (Fsp3) is 0.318. The summed E-state index contributed by atoms with van der Waals surface area (Å²) in [4.78, 5) is 19.0. The number of thiazole rings is 1. The Morgan fingerprint density at radius 3 is 2.75 bits per heavy atom. The monoisotopic (exact) mass is 391 g/mol. The zero-order valence-electron chi connectivity index (χ0n) is 15.5. The molecule has 5 nitrogen and oxygen atoms in total. The van der Waals surface area contributed by atoms with Gasteiger partial charge in [-0.1, -0.05) is 12.1 Å². The van der Waals surface area contributed by atoms with Gasteiger partial charge in [0.25, 0.3) is 5.91 Å². The molecule has 4 rings (SSSR count). The van der Waals surface area contributed by atoms with Gasteiger partial charge in [-0.15, -0.1) is 11.3 Å². The quantitative estimate of drug-likeness (QED) is 0.653. The maximum Gasteiger partial charge on any atom is 0.253 e. The number of amides is 1. The number of hydrogen-bond acceptors (Lipinski definition) is 5. The highest BCUT2D eigenvalue weighted by molar-refractivity contribution is 7.16. The number of hydrogen-bond donors (Lipinski definition) is 0. The van der Waals surface area contributed by atoms with E-state index in [9.17, 15) is 4.79 Å². The van der Waals surface area contributed by atoms with Crippen molar-refractivity contribution in [2.45, 2.75) is 19.4 Å². The third-order valence-electron chi connectivity index (χ3n) is 5.19. The molecule has 1 fully saturated rings. The van der Waals surface area contributed by atoms with Gasteiger partial charge in [-0.3, -0.25) is 4.79 Å². The molecule has 0 N–H and O–H groups in total. The molecule has 0 radical (unpaired) electrons. The molecule has 28 heavy (non-hydrogen) atoms. The van der Waals surface area contributed by atoms with E-state index in [4.69, 9.17) is 10.00 Å². The van der Waals surface area contributed by atoms with E-state index >= 15 is 0 Å². The van der Waals surface area contributed by atoms with Crippen molar-refractivity contribution in [3.8, 4) is 6.07 Å². The van der Waals surface area contributed by atoms with Gasteiger partial charge in [-0.2, -0.15) is 5.26 Å². The van der Waals surface area contributed by atoms with Crippen LogP contribution in [-0.4, -0.2) is 35.5 Å². The van der Waals surface area contributed by atoms with Crippen LogP contribution in [0.25, 0.3) is 10.2 Å². The van der Waals surface area contributed by atoms with Crippen LogP contribution in [0.5, 0.6) is 0 Å². The maximum absolute atomic E-state index is 12.8. The molecule has 142 valence electrons. The molecular weight excluding hydrogens is 370 g/mol. The zero-order chi connectivity index (χ0) is 19.3. The summed E-state index contributed by atoms with van der Waals surface area (Å²) in [5, 5.41) is 8.83. The molecule has 3 aromatic rings. The van der Waals surface area contributed by atoms with Crippen molar-refractivity contribution >= 4 is 27.5 Å². The first-order valence-electron chi connectivity index (χ1n) is 9.42. The topological polar surface area (TPSA) is 66.2 Å². The number of likely N-dealkylation sites (tertiary alicyclic amines) is 1. The standard InChI is InChI=1S/C22H21N3O2S/c23-12-16-1-3-17(4-2-16)13-27-14-18-7-9-25(10-8-18)22(26)19-5-6-20-21(11-19)28-15-24-20/h1-6,11,15,18H,7-10,13-14H2. The van der Waals surface area contributed by atoms with Crippen molar-refractivity contribution in [3.05, 3.63) is 64.7 Å². The highest BCUT2D eigenvalue weighted by atomic mass is 32.1. The summed E-state index contributed by atoms with van der Waals surface area (Å²) in [7, 11) is 0. The van der Waals surface area contributed by atoms with Gasteiger partial charge in [0, 0.05) is 25.3 Å². The molecule has 1 aliphatic heterocycles. The number of nitrogens with zero attached hydrogens (tertiary/aromatic N) is 3. The van der Waals surface area contributed by atoms with E-state index in [1.165, 1.54) is 0 Å². The molecule has 0 atom stereocenters. The Morgan fingerprint density at radius 2 is 2.00 bits per heavy atom. The van der Waals surface area contributed by atoms with Crippen LogP contribution < -0.4 is 0 Å². The van der Waals surface area contributed by atoms with Crippen molar-refractivity contribution in [2.24, 2.45) is 5.92 Å². The van der Waals surface area contributed by atoms with Gasteiger partial charge in [0.1, 0.15) is 0 Å². The summed E-state index contributed by atoms with van der Waals surface area (Å²) in [6.07, 6.45) is 1.92. The number of carbonyl (C=O) groups is 1. The minimum atomic E-state index is 0.104. The molecule has 0 aliphatic carbocycles. The lowest BCUT2D eigenvalue weighted by Crippen LogP contribution is -2.39. The van der Waals surface area contributed by atoms with Crippen LogP contribution >= 0.6 is 11.3 Å². The van der Waals surface area contributed by atoms with Crippen molar-refractivity contribution in [2.75, 3.05) is 19.7 Å². The zero-order valence-corrected chi connectivity index (χ0v) is 16.3. The number of aromatic nitrogens is 1. The van der Waals surface area contributed by atoms with E-state index in [-0.39, 0.29) is 5.91 Å². The molecule has 0 saturated carbocycles. The molecule has 1 aromatic heterocycles. The van der Waals surface area contributed by atoms with E-state index < -0.39 is 0 Å². The van der Waals surface area contributed by atoms with Gasteiger partial charge in [-0.25, -0.2) is 4.98 Å². The second-order valence-electron chi connectivity index (χ2n) is 7.09. The summed E-state index contributed by atoms with van der Waals surface area (Å²) < 4.78 is 6.91. The number of ether oxygens (including phenoxy) is 1. The summed E-state index contributed by atoms with van der Waals surface area (Å²) in [6.45, 7) is 2.80. The summed E-state index contributed by atoms with van der Waals surface area (Å²) in [6, 6.07) is 15.3. The van der Waals surface area contributed by atoms with Crippen LogP contribution in [0.2, 0.25) is 0 Å². The van der Waals surface area contributed by atoms with E-state index in [2.05, 4.69) is 11.1 Å². The van der Waals surface area contributed by atoms with Gasteiger partial charge < -0.3 is 9.64 Å². The Kier molecular flexibility index (Phi) is 5.65. The average Bonchev–Trinajstić information content (AvgIpc) is 3.22. The Hall–Kier alpha value is -2.75. The molecule has 2 heterocycles. The lowest BCUT2D eigenvalue weighted by atomic mass is 9.97. The fourth-order valence-corrected chi connectivity index (χ4v) is 4.21. The minimum Gasteiger partial charge on any atom is -0.376 e. The third-order valence-corrected chi connectivity index (χ3v) is 5.98. The average molecular weight is 391 g/mol. The van der Waals surface area contributed by atoms with Crippen molar-refractivity contribution in [1.82, 2.24) is 9.88 Å². The Morgan fingerprint density at radius 1 is 1.21 bits per heavy atom. The van der Waals surface area contributed by atoms with E-state index in [1.807, 2.05) is 52.9 Å². The predicted octanol–water partition coefficient (Wildman–Crippen LogP) is 4.24. The fourth-order valence-electron chi connectivity index (χ4n) is 3.49. The number of piperidine rings is 1. The number of fused-ring (bicyclic) bond motifs is 1. The van der Waals surface area contributed by atoms with Crippen molar-refractivity contribution < 1.29 is 9.53 Å². The first kappa shape index (κ1) is 18.6. The van der Waals surface area contributed by atoms with Crippen LogP contribution in [0.15, 0.2) is 48.0 Å². The highest BCUT2D eigenvalue weighted by Gasteiger charge is 2.24. The lowest BCUT2D eigenvalue weighted by Gasteiger charge is -2.32. The largest absolute Gasteiger partial charge is 0.376 e. The summed E-state index contributed by atoms with van der Waals surface area (Å²) in [5.74, 6) is 0.582. The molecule has 2 aromatic carbocycles. The van der Waals surface area contributed by atoms with Crippen LogP contribution in [0.4, 0.5) is 0 Å². The Balaban J connectivity index is 1.24. The van der Waals surface area contributed by atoms with Gasteiger partial charge in [0.15, 0.2) is 0 Å². The number of benzene rings is 2. The lowest BCUT2D eigenvalue weighted by molar-refractivity contribution is 0.0478. The molecule has 0 bridgehead atoms. The number of nitriles is 1. The van der Waals surface area contributed by atoms with E-state index in [0.29, 0.717) is 24.7 Å². The molecule has 1 aliphatic rings. The Bertz CT molecular complexity index is 999. The third kappa shape index (κ3) is 4.22. The van der Waals surface area contributed by atoms with Crippen LogP contribution in [0.3, 0.4) is 0 Å². The number of carbonyl (C=O) groups excluding carboxylic acids is 1. The predicted molar refractivity (Wildman–Crippen MR) is 109 cm³/mol. The Labute approximate surface area is 168 Å². The molecule has 6 heteroatoms. The van der Waals surface area contributed by atoms with Crippen LogP contribution in [0.1, 0.15) is 34.3 Å². The molecule has 1 saturated heterocycles. The molecule has 1 amide bonds. The normalized spacial score (nSPS) is 14.9. The second kappa shape index (κ2) is 8.51. The van der Waals surface area contributed by atoms with Crippen molar-refractivity contribution in [3.63, 3.8) is 0 Å². The molecule has 0 spiro atoms. The van der Waals surface area contributed by atoms with Crippen LogP contribution in [-0.2, 0) is 11.3 Å². The SMILES string of the molecule is N#Cc1ccc(COCC2CCN(C(=O)c3ccc4ncsc4c3)CC2)cc1. The van der Waals surface area contributed by atoms with Crippen LogP contribution in [0, 0.1) is 17.2 Å². The highest BCUT2D eigenvalue weighted by Crippen LogP contribution is 2.23. The first-order valence-corrected chi connectivity index (χ1v) is 10.3. The van der Waals surface area contributed by atoms with Gasteiger partial charge >= 0.3 is 0 Å². The van der Waals surface area contributed by atoms with Gasteiger partial charge in [0.2, 0.25) is 0 Å². The maximum atomic E-state index is 12.8. The van der Waals surface area contributed by atoms with E-state index in [1.54, 1.807) is 11.3 Å². The second-order valence-corrected chi connectivity index (χ2v) is 7.98. The first-order chi connectivity index (χ1) is 13.7. The summed E-state index contributed by atoms with van der Waals surface area (Å²) >= 11 is 1.56.